The molecule has 30 heavy (non-hydrogen) atoms. The third kappa shape index (κ3) is 4.00. The molecule has 0 radical (unpaired) electrons. The molecule has 11 heteroatoms. The Hall–Kier alpha value is -3.01. The van der Waals surface area contributed by atoms with E-state index in [1.807, 2.05) is 0 Å². The number of fused-ring (bicyclic) bond motifs is 1. The summed E-state index contributed by atoms with van der Waals surface area (Å²) in [5, 5.41) is -0.654. The van der Waals surface area contributed by atoms with Gasteiger partial charge in [0.2, 0.25) is 0 Å². The summed E-state index contributed by atoms with van der Waals surface area (Å²) in [4.78, 5) is 36.6. The zero-order chi connectivity index (χ0) is 22.2. The number of ether oxygens (including phenoxy) is 1. The van der Waals surface area contributed by atoms with Crippen molar-refractivity contribution in [2.75, 3.05) is 6.61 Å². The molecule has 0 aliphatic rings. The van der Waals surface area contributed by atoms with Crippen LogP contribution in [0.25, 0.3) is 16.7 Å². The fraction of sp³-hybridized carbons (Fsp3) is 0.316. The van der Waals surface area contributed by atoms with Crippen LogP contribution in [0.5, 0.6) is 0 Å². The van der Waals surface area contributed by atoms with Crippen LogP contribution in [0.2, 0.25) is 0 Å². The summed E-state index contributed by atoms with van der Waals surface area (Å²) >= 11 is 6.04. The van der Waals surface area contributed by atoms with Crippen LogP contribution in [0, 0.1) is 0 Å². The second-order valence-corrected chi connectivity index (χ2v) is 6.94. The first-order valence-electron chi connectivity index (χ1n) is 8.76. The number of benzene rings is 1. The fourth-order valence-electron chi connectivity index (χ4n) is 3.01. The Kier molecular flexibility index (Phi) is 5.80. The van der Waals surface area contributed by atoms with E-state index in [9.17, 15) is 27.6 Å². The van der Waals surface area contributed by atoms with Crippen LogP contribution >= 0.6 is 11.6 Å². The van der Waals surface area contributed by atoms with Gasteiger partial charge in [-0.25, -0.2) is 9.36 Å². The molecular formula is C19H16ClF3N2O5. The van der Waals surface area contributed by atoms with Crippen LogP contribution in [0.1, 0.15) is 18.2 Å². The van der Waals surface area contributed by atoms with Gasteiger partial charge in [-0.3, -0.25) is 14.2 Å². The molecule has 1 atom stereocenters. The number of nitrogens with zero attached hydrogens (tertiary/aromatic N) is 2. The summed E-state index contributed by atoms with van der Waals surface area (Å²) < 4.78 is 50.3. The molecule has 0 aliphatic carbocycles. The van der Waals surface area contributed by atoms with Gasteiger partial charge in [0.05, 0.1) is 12.3 Å². The molecule has 2 aromatic heterocycles. The number of hydrogen-bond donors (Lipinski definition) is 0. The maximum atomic E-state index is 13.1. The molecule has 0 spiro atoms. The predicted molar refractivity (Wildman–Crippen MR) is 102 cm³/mol. The van der Waals surface area contributed by atoms with Crippen molar-refractivity contribution in [3.8, 4) is 5.69 Å². The summed E-state index contributed by atoms with van der Waals surface area (Å²) in [6.07, 6.45) is -3.66. The first kappa shape index (κ1) is 21.7. The Morgan fingerprint density at radius 1 is 1.27 bits per heavy atom. The van der Waals surface area contributed by atoms with Gasteiger partial charge in [0.25, 0.3) is 5.56 Å². The fourth-order valence-corrected chi connectivity index (χ4v) is 3.25. The van der Waals surface area contributed by atoms with Gasteiger partial charge in [0.15, 0.2) is 0 Å². The van der Waals surface area contributed by atoms with E-state index in [2.05, 4.69) is 0 Å². The highest BCUT2D eigenvalue weighted by Crippen LogP contribution is 2.28. The van der Waals surface area contributed by atoms with E-state index in [1.165, 1.54) is 0 Å². The molecule has 3 aromatic rings. The molecule has 160 valence electrons. The van der Waals surface area contributed by atoms with Crippen molar-refractivity contribution >= 4 is 28.5 Å². The van der Waals surface area contributed by atoms with Crippen molar-refractivity contribution < 1.29 is 27.1 Å². The Morgan fingerprint density at radius 3 is 2.60 bits per heavy atom. The number of halogens is 4. The molecule has 1 unspecified atom stereocenters. The van der Waals surface area contributed by atoms with E-state index in [1.54, 1.807) is 25.1 Å². The monoisotopic (exact) mass is 444 g/mol. The number of alkyl halides is 4. The Balaban J connectivity index is 2.10. The summed E-state index contributed by atoms with van der Waals surface area (Å²) in [6.45, 7) is 1.82. The zero-order valence-corrected chi connectivity index (χ0v) is 16.6. The largest absolute Gasteiger partial charge is 0.465 e. The van der Waals surface area contributed by atoms with Crippen molar-refractivity contribution in [3.63, 3.8) is 0 Å². The quantitative estimate of drug-likeness (QED) is 0.446. The lowest BCUT2D eigenvalue weighted by molar-refractivity contribution is -0.144. The summed E-state index contributed by atoms with van der Waals surface area (Å²) in [5.41, 5.74) is -2.83. The van der Waals surface area contributed by atoms with E-state index in [0.717, 1.165) is 13.3 Å². The molecular weight excluding hydrogens is 429 g/mol. The van der Waals surface area contributed by atoms with Crippen molar-refractivity contribution in [2.24, 2.45) is 7.05 Å². The summed E-state index contributed by atoms with van der Waals surface area (Å²) in [6, 6.07) is 5.08. The molecule has 0 fully saturated rings. The standard InChI is InChI=1S/C19H16ClF3N2O5/c1-3-29-17(27)12(20)7-10-4-5-14-11(6-10)13(9-30-14)25-16(26)8-15(19(21,22)23)24(2)18(25)28/h4-6,8-9,12H,3,7H2,1-2H3. The molecule has 1 aromatic carbocycles. The molecule has 3 rings (SSSR count). The number of rotatable bonds is 5. The highest BCUT2D eigenvalue weighted by atomic mass is 35.5. The minimum absolute atomic E-state index is 0.0200. The normalized spacial score (nSPS) is 12.9. The molecule has 0 N–H and O–H groups in total. The molecule has 0 aliphatic heterocycles. The number of hydrogen-bond acceptors (Lipinski definition) is 5. The van der Waals surface area contributed by atoms with E-state index in [0.29, 0.717) is 31.7 Å². The second-order valence-electron chi connectivity index (χ2n) is 6.42. The van der Waals surface area contributed by atoms with Crippen LogP contribution in [-0.2, 0) is 29.2 Å². The first-order valence-corrected chi connectivity index (χ1v) is 9.19. The molecule has 0 amide bonds. The third-order valence-corrected chi connectivity index (χ3v) is 4.76. The van der Waals surface area contributed by atoms with Gasteiger partial charge in [0, 0.05) is 18.5 Å². The summed E-state index contributed by atoms with van der Waals surface area (Å²) in [7, 11) is 0.923. The van der Waals surface area contributed by atoms with Crippen LogP contribution in [0.3, 0.4) is 0 Å². The number of carbonyl (C=O) groups excluding carboxylic acids is 1. The third-order valence-electron chi connectivity index (χ3n) is 4.43. The predicted octanol–water partition coefficient (Wildman–Crippen LogP) is 3.01. The van der Waals surface area contributed by atoms with Gasteiger partial charge >= 0.3 is 17.8 Å². The second kappa shape index (κ2) is 8.02. The van der Waals surface area contributed by atoms with Crippen LogP contribution in [0.4, 0.5) is 13.2 Å². The number of esters is 1. The van der Waals surface area contributed by atoms with Crippen molar-refractivity contribution in [2.45, 2.75) is 24.9 Å². The van der Waals surface area contributed by atoms with Crippen molar-refractivity contribution in [1.82, 2.24) is 9.13 Å². The molecule has 0 bridgehead atoms. The topological polar surface area (TPSA) is 83.4 Å². The first-order chi connectivity index (χ1) is 14.0. The Morgan fingerprint density at radius 2 is 1.97 bits per heavy atom. The Bertz CT molecular complexity index is 1230. The lowest BCUT2D eigenvalue weighted by atomic mass is 10.1. The van der Waals surface area contributed by atoms with E-state index >= 15 is 0 Å². The van der Waals surface area contributed by atoms with Gasteiger partial charge in [-0.2, -0.15) is 13.2 Å². The highest BCUT2D eigenvalue weighted by molar-refractivity contribution is 6.30. The molecule has 0 saturated heterocycles. The maximum absolute atomic E-state index is 13.1. The summed E-state index contributed by atoms with van der Waals surface area (Å²) in [5.74, 6) is -0.598. The average molecular weight is 445 g/mol. The number of aromatic nitrogens is 2. The SMILES string of the molecule is CCOC(=O)C(Cl)Cc1ccc2occ(-n3c(=O)cc(C(F)(F)F)n(C)c3=O)c2c1. The molecule has 7 nitrogen and oxygen atoms in total. The van der Waals surface area contributed by atoms with E-state index in [-0.39, 0.29) is 18.7 Å². The maximum Gasteiger partial charge on any atom is 0.431 e. The minimum atomic E-state index is -4.86. The number of furan rings is 1. The molecule has 0 saturated carbocycles. The van der Waals surface area contributed by atoms with Gasteiger partial charge in [-0.05, 0) is 31.0 Å². The lowest BCUT2D eigenvalue weighted by Crippen LogP contribution is -2.40. The smallest absolute Gasteiger partial charge is 0.431 e. The van der Waals surface area contributed by atoms with E-state index < -0.39 is 34.5 Å². The van der Waals surface area contributed by atoms with E-state index in [4.69, 9.17) is 20.8 Å². The van der Waals surface area contributed by atoms with Gasteiger partial charge in [0.1, 0.15) is 22.9 Å². The minimum Gasteiger partial charge on any atom is -0.465 e. The van der Waals surface area contributed by atoms with Crippen LogP contribution in [0.15, 0.2) is 44.5 Å². The lowest BCUT2D eigenvalue weighted by Gasteiger charge is -2.13. The average Bonchev–Trinajstić information content (AvgIpc) is 3.07. The number of carbonyl (C=O) groups is 1. The highest BCUT2D eigenvalue weighted by Gasteiger charge is 2.35. The van der Waals surface area contributed by atoms with Crippen molar-refractivity contribution in [3.05, 3.63) is 62.6 Å². The zero-order valence-electron chi connectivity index (χ0n) is 15.8. The molecule has 2 heterocycles. The van der Waals surface area contributed by atoms with Gasteiger partial charge < -0.3 is 9.15 Å². The van der Waals surface area contributed by atoms with Gasteiger partial charge in [-0.1, -0.05) is 6.07 Å². The van der Waals surface area contributed by atoms with Crippen LogP contribution in [-0.4, -0.2) is 27.1 Å². The van der Waals surface area contributed by atoms with Gasteiger partial charge in [-0.15, -0.1) is 11.6 Å². The Labute approximate surface area is 172 Å². The van der Waals surface area contributed by atoms with Crippen LogP contribution < -0.4 is 11.2 Å². The van der Waals surface area contributed by atoms with Crippen molar-refractivity contribution in [1.29, 1.82) is 0 Å².